The zero-order valence-electron chi connectivity index (χ0n) is 18.2. The van der Waals surface area contributed by atoms with Crippen molar-refractivity contribution in [1.29, 1.82) is 0 Å². The number of hydrogen-bond acceptors (Lipinski definition) is 5. The van der Waals surface area contributed by atoms with E-state index in [1.807, 2.05) is 35.9 Å². The lowest BCUT2D eigenvalue weighted by Crippen LogP contribution is -2.19. The fraction of sp³-hybridized carbons (Fsp3) is 0.391. The minimum absolute atomic E-state index is 0.254. The zero-order valence-corrected chi connectivity index (χ0v) is 18.2. The Morgan fingerprint density at radius 1 is 1.09 bits per heavy atom. The summed E-state index contributed by atoms with van der Waals surface area (Å²) in [6.07, 6.45) is 0.693. The third kappa shape index (κ3) is 4.47. The van der Waals surface area contributed by atoms with Crippen molar-refractivity contribution in [1.82, 2.24) is 34.8 Å². The fourth-order valence-electron chi connectivity index (χ4n) is 4.38. The Morgan fingerprint density at radius 2 is 1.91 bits per heavy atom. The number of H-pyrrole nitrogens is 1. The van der Waals surface area contributed by atoms with Crippen LogP contribution in [-0.4, -0.2) is 47.9 Å². The van der Waals surface area contributed by atoms with Gasteiger partial charge in [-0.3, -0.25) is 10.00 Å². The molecule has 0 spiro atoms. The minimum atomic E-state index is -4.53. The average Bonchev–Trinajstić information content (AvgIpc) is 3.53. The number of nitrogens with one attached hydrogen (secondary N) is 1. The van der Waals surface area contributed by atoms with Crippen molar-refractivity contribution >= 4 is 11.0 Å². The van der Waals surface area contributed by atoms with Crippen LogP contribution in [0.15, 0.2) is 36.7 Å². The highest BCUT2D eigenvalue weighted by atomic mass is 19.4. The van der Waals surface area contributed by atoms with Crippen LogP contribution >= 0.6 is 0 Å². The molecule has 0 unspecified atom stereocenters. The lowest BCUT2D eigenvalue weighted by Gasteiger charge is -2.16. The molecule has 0 saturated carbocycles. The second-order valence-electron chi connectivity index (χ2n) is 8.50. The molecule has 4 heterocycles. The number of hydrogen-bond donors (Lipinski definition) is 1. The van der Waals surface area contributed by atoms with Gasteiger partial charge in [0.05, 0.1) is 5.52 Å². The summed E-state index contributed by atoms with van der Waals surface area (Å²) in [7, 11) is 1.89. The van der Waals surface area contributed by atoms with Crippen LogP contribution in [0.5, 0.6) is 0 Å². The van der Waals surface area contributed by atoms with Crippen LogP contribution in [0, 0.1) is 0 Å². The number of aromatic amines is 1. The average molecular weight is 455 g/mol. The molecule has 5 rings (SSSR count). The van der Waals surface area contributed by atoms with Gasteiger partial charge in [0.2, 0.25) is 0 Å². The van der Waals surface area contributed by atoms with E-state index in [1.54, 1.807) is 6.33 Å². The Morgan fingerprint density at radius 3 is 2.64 bits per heavy atom. The van der Waals surface area contributed by atoms with Crippen molar-refractivity contribution < 1.29 is 13.2 Å². The number of fused-ring (bicyclic) bond motifs is 1. The summed E-state index contributed by atoms with van der Waals surface area (Å²) in [6, 6.07) is 8.83. The summed E-state index contributed by atoms with van der Waals surface area (Å²) in [5.41, 5.74) is 2.71. The molecule has 0 atom stereocenters. The highest BCUT2D eigenvalue weighted by Crippen LogP contribution is 2.34. The monoisotopic (exact) mass is 455 g/mol. The predicted octanol–water partition coefficient (Wildman–Crippen LogP) is 4.15. The normalized spacial score (nSPS) is 15.0. The second kappa shape index (κ2) is 8.58. The number of aryl methyl sites for hydroxylation is 3. The minimum Gasteiger partial charge on any atom is -0.321 e. The van der Waals surface area contributed by atoms with Crippen molar-refractivity contribution in [2.45, 2.75) is 38.4 Å². The van der Waals surface area contributed by atoms with Gasteiger partial charge in [-0.1, -0.05) is 18.2 Å². The van der Waals surface area contributed by atoms with Gasteiger partial charge in [0.25, 0.3) is 0 Å². The van der Waals surface area contributed by atoms with E-state index in [-0.39, 0.29) is 5.52 Å². The molecule has 4 aromatic rings. The Hall–Kier alpha value is -3.27. The van der Waals surface area contributed by atoms with Gasteiger partial charge in [0.1, 0.15) is 29.1 Å². The van der Waals surface area contributed by atoms with Crippen LogP contribution in [0.3, 0.4) is 0 Å². The van der Waals surface area contributed by atoms with Crippen molar-refractivity contribution in [3.05, 3.63) is 59.3 Å². The van der Waals surface area contributed by atoms with Gasteiger partial charge in [-0.25, -0.2) is 4.98 Å². The largest absolute Gasteiger partial charge is 0.433 e. The molecular formula is C23H24F3N7. The molecule has 0 bridgehead atoms. The Labute approximate surface area is 188 Å². The van der Waals surface area contributed by atoms with Crippen molar-refractivity contribution in [2.24, 2.45) is 7.05 Å². The molecule has 1 aromatic carbocycles. The molecule has 10 heteroatoms. The zero-order chi connectivity index (χ0) is 23.0. The SMILES string of the molecule is Cn1cnnc1CCc1cccc(-c2n[nH]c3c(CN4CCCC4)cc(C(F)(F)F)nc23)c1. The number of benzene rings is 1. The smallest absolute Gasteiger partial charge is 0.321 e. The summed E-state index contributed by atoms with van der Waals surface area (Å²) in [5, 5.41) is 15.3. The standard InChI is InChI=1S/C23H24F3N7/c1-32-14-27-29-19(32)8-7-15-5-4-6-16(11-15)20-22-21(31-30-20)17(13-33-9-2-3-10-33)12-18(28-22)23(24,25)26/h4-6,11-12,14H,2-3,7-10,13H2,1H3,(H,30,31). The topological polar surface area (TPSA) is 75.5 Å². The van der Waals surface area contributed by atoms with E-state index in [0.29, 0.717) is 29.7 Å². The first kappa shape index (κ1) is 21.6. The fourth-order valence-corrected chi connectivity index (χ4v) is 4.38. The van der Waals surface area contributed by atoms with Gasteiger partial charge in [-0.05, 0) is 55.6 Å². The van der Waals surface area contributed by atoms with Crippen LogP contribution in [0.4, 0.5) is 13.2 Å². The maximum Gasteiger partial charge on any atom is 0.433 e. The molecule has 7 nitrogen and oxygen atoms in total. The van der Waals surface area contributed by atoms with E-state index < -0.39 is 11.9 Å². The molecule has 3 aromatic heterocycles. The van der Waals surface area contributed by atoms with Crippen LogP contribution < -0.4 is 0 Å². The quantitative estimate of drug-likeness (QED) is 0.473. The van der Waals surface area contributed by atoms with Crippen LogP contribution in [0.25, 0.3) is 22.3 Å². The molecule has 172 valence electrons. The first-order valence-electron chi connectivity index (χ1n) is 11.0. The summed E-state index contributed by atoms with van der Waals surface area (Å²) in [6.45, 7) is 2.22. The lowest BCUT2D eigenvalue weighted by atomic mass is 10.0. The molecule has 1 fully saturated rings. The Bertz CT molecular complexity index is 1270. The molecule has 0 aliphatic carbocycles. The number of nitrogens with zero attached hydrogens (tertiary/aromatic N) is 6. The molecule has 0 amide bonds. The van der Waals surface area contributed by atoms with Gasteiger partial charge in [-0.15, -0.1) is 10.2 Å². The number of aromatic nitrogens is 6. The van der Waals surface area contributed by atoms with Crippen molar-refractivity contribution in [3.63, 3.8) is 0 Å². The van der Waals surface area contributed by atoms with Gasteiger partial charge < -0.3 is 4.57 Å². The van der Waals surface area contributed by atoms with Crippen LogP contribution in [0.2, 0.25) is 0 Å². The number of pyridine rings is 1. The molecule has 1 saturated heterocycles. The van der Waals surface area contributed by atoms with E-state index in [1.165, 1.54) is 0 Å². The summed E-state index contributed by atoms with van der Waals surface area (Å²) < 4.78 is 42.9. The predicted molar refractivity (Wildman–Crippen MR) is 117 cm³/mol. The molecule has 0 radical (unpaired) electrons. The highest BCUT2D eigenvalue weighted by Gasteiger charge is 2.34. The van der Waals surface area contributed by atoms with Gasteiger partial charge >= 0.3 is 6.18 Å². The number of halogens is 3. The van der Waals surface area contributed by atoms with Crippen molar-refractivity contribution in [2.75, 3.05) is 13.1 Å². The first-order chi connectivity index (χ1) is 15.9. The first-order valence-corrected chi connectivity index (χ1v) is 11.0. The number of rotatable bonds is 6. The lowest BCUT2D eigenvalue weighted by molar-refractivity contribution is -0.141. The van der Waals surface area contributed by atoms with E-state index >= 15 is 0 Å². The third-order valence-electron chi connectivity index (χ3n) is 6.13. The third-order valence-corrected chi connectivity index (χ3v) is 6.13. The molecule has 1 N–H and O–H groups in total. The molecular weight excluding hydrogens is 431 g/mol. The Kier molecular flexibility index (Phi) is 5.61. The molecule has 1 aliphatic heterocycles. The van der Waals surface area contributed by atoms with Crippen LogP contribution in [-0.2, 0) is 32.6 Å². The second-order valence-corrected chi connectivity index (χ2v) is 8.50. The van der Waals surface area contributed by atoms with E-state index in [9.17, 15) is 13.2 Å². The highest BCUT2D eigenvalue weighted by molar-refractivity contribution is 5.91. The Balaban J connectivity index is 1.51. The van der Waals surface area contributed by atoms with E-state index in [2.05, 4.69) is 30.3 Å². The van der Waals surface area contributed by atoms with Gasteiger partial charge in [-0.2, -0.15) is 18.3 Å². The van der Waals surface area contributed by atoms with Gasteiger partial charge in [0, 0.05) is 25.6 Å². The number of likely N-dealkylation sites (tertiary alicyclic amines) is 1. The maximum absolute atomic E-state index is 13.7. The van der Waals surface area contributed by atoms with Crippen LogP contribution in [0.1, 0.15) is 35.5 Å². The summed E-state index contributed by atoms with van der Waals surface area (Å²) >= 11 is 0. The molecule has 33 heavy (non-hydrogen) atoms. The summed E-state index contributed by atoms with van der Waals surface area (Å²) in [4.78, 5) is 6.16. The maximum atomic E-state index is 13.7. The summed E-state index contributed by atoms with van der Waals surface area (Å²) in [5.74, 6) is 0.869. The van der Waals surface area contributed by atoms with Crippen molar-refractivity contribution in [3.8, 4) is 11.3 Å². The van der Waals surface area contributed by atoms with E-state index in [0.717, 1.165) is 55.4 Å². The molecule has 1 aliphatic rings. The van der Waals surface area contributed by atoms with E-state index in [4.69, 9.17) is 0 Å². The van der Waals surface area contributed by atoms with Gasteiger partial charge in [0.15, 0.2) is 0 Å². The number of alkyl halides is 3.